The molecule has 0 saturated heterocycles. The van der Waals surface area contributed by atoms with Crippen molar-refractivity contribution in [3.8, 4) is 0 Å². The predicted molar refractivity (Wildman–Crippen MR) is 437 cm³/mol. The Morgan fingerprint density at radius 3 is 0.642 bits per heavy atom. The van der Waals surface area contributed by atoms with Crippen molar-refractivity contribution in [3.05, 3.63) is 0 Å². The summed E-state index contributed by atoms with van der Waals surface area (Å²) in [4.78, 5) is 73.3. The van der Waals surface area contributed by atoms with Crippen molar-refractivity contribution in [1.82, 2.24) is 0 Å². The molecule has 0 radical (unpaired) electrons. The number of unbranched alkanes of at least 4 members (excludes halogenated alkanes) is 59. The summed E-state index contributed by atoms with van der Waals surface area (Å²) in [6.07, 6.45) is 73.7. The third kappa shape index (κ3) is 80.1. The van der Waals surface area contributed by atoms with Crippen LogP contribution in [-0.2, 0) is 65.4 Å². The molecule has 5 atom stereocenters. The monoisotopic (exact) mass is 1550 g/mol. The van der Waals surface area contributed by atoms with Crippen molar-refractivity contribution < 1.29 is 80.2 Å². The van der Waals surface area contributed by atoms with Crippen LogP contribution in [-0.4, -0.2) is 96.7 Å². The summed E-state index contributed by atoms with van der Waals surface area (Å²) in [7, 11) is -9.93. The van der Waals surface area contributed by atoms with E-state index in [-0.39, 0.29) is 25.7 Å². The topological polar surface area (TPSA) is 237 Å². The van der Waals surface area contributed by atoms with E-state index in [1.165, 1.54) is 295 Å². The number of hydrogen-bond acceptors (Lipinski definition) is 15. The van der Waals surface area contributed by atoms with Gasteiger partial charge in [0.15, 0.2) is 12.2 Å². The second kappa shape index (κ2) is 79.7. The van der Waals surface area contributed by atoms with Gasteiger partial charge in [0.2, 0.25) is 0 Å². The van der Waals surface area contributed by atoms with Crippen LogP contribution in [0.25, 0.3) is 0 Å². The first-order valence-corrected chi connectivity index (χ1v) is 48.1. The molecule has 0 fully saturated rings. The Balaban J connectivity index is 5.24. The Labute approximate surface area is 651 Å². The molecular weight excluding hydrogens is 1380 g/mol. The lowest BCUT2D eigenvalue weighted by molar-refractivity contribution is -0.161. The van der Waals surface area contributed by atoms with Crippen LogP contribution in [0.2, 0.25) is 0 Å². The molecule has 630 valence electrons. The van der Waals surface area contributed by atoms with Gasteiger partial charge >= 0.3 is 39.5 Å². The number of esters is 4. The van der Waals surface area contributed by atoms with E-state index in [0.717, 1.165) is 95.8 Å². The first-order chi connectivity index (χ1) is 51.5. The third-order valence-electron chi connectivity index (χ3n) is 20.5. The van der Waals surface area contributed by atoms with Gasteiger partial charge in [-0.25, -0.2) is 9.13 Å². The SMILES string of the molecule is CCCCCCCCCCCCCCCCCCCCCCC(=O)O[C@H](COC(=O)CCCCCCCCCCCCCCCCCCCC)COP(=O)(O)OC[C@@H](O)COP(=O)(O)OC[C@@H](COC(=O)CCCCCCCCCCC(C)C)OC(=O)CCCCCCCCCCCCCCCCCCC. The molecule has 0 aromatic rings. The van der Waals surface area contributed by atoms with Crippen LogP contribution in [0.4, 0.5) is 0 Å². The van der Waals surface area contributed by atoms with Crippen LogP contribution < -0.4 is 0 Å². The number of carbonyl (C=O) groups excluding carboxylic acids is 4. The Kier molecular flexibility index (Phi) is 78.2. The fourth-order valence-corrected chi connectivity index (χ4v) is 15.2. The van der Waals surface area contributed by atoms with Gasteiger partial charge < -0.3 is 33.8 Å². The van der Waals surface area contributed by atoms with Gasteiger partial charge in [0, 0.05) is 25.7 Å². The zero-order chi connectivity index (χ0) is 77.6. The number of rotatable bonds is 87. The van der Waals surface area contributed by atoms with E-state index in [2.05, 4.69) is 34.6 Å². The van der Waals surface area contributed by atoms with Gasteiger partial charge in [-0.05, 0) is 31.6 Å². The maximum Gasteiger partial charge on any atom is 0.472 e. The highest BCUT2D eigenvalue weighted by atomic mass is 31.2. The number of ether oxygens (including phenoxy) is 4. The van der Waals surface area contributed by atoms with E-state index in [1.807, 2.05) is 0 Å². The minimum Gasteiger partial charge on any atom is -0.462 e. The average molecular weight is 1550 g/mol. The largest absolute Gasteiger partial charge is 0.472 e. The lowest BCUT2D eigenvalue weighted by Gasteiger charge is -2.21. The van der Waals surface area contributed by atoms with Crippen molar-refractivity contribution in [2.24, 2.45) is 5.92 Å². The van der Waals surface area contributed by atoms with Gasteiger partial charge in [0.25, 0.3) is 0 Å². The maximum atomic E-state index is 13.2. The number of aliphatic hydroxyl groups excluding tert-OH is 1. The molecule has 0 spiro atoms. The molecule has 0 saturated carbocycles. The maximum absolute atomic E-state index is 13.2. The highest BCUT2D eigenvalue weighted by Crippen LogP contribution is 2.45. The molecule has 0 amide bonds. The van der Waals surface area contributed by atoms with Crippen LogP contribution >= 0.6 is 15.6 Å². The molecule has 0 heterocycles. The van der Waals surface area contributed by atoms with Crippen LogP contribution in [0, 0.1) is 5.92 Å². The Morgan fingerprint density at radius 1 is 0.255 bits per heavy atom. The summed E-state index contributed by atoms with van der Waals surface area (Å²) in [6, 6.07) is 0. The minimum atomic E-state index is -4.97. The van der Waals surface area contributed by atoms with E-state index < -0.39 is 97.5 Å². The molecule has 0 aliphatic heterocycles. The zero-order valence-corrected chi connectivity index (χ0v) is 71.4. The third-order valence-corrected chi connectivity index (χ3v) is 22.4. The quantitative estimate of drug-likeness (QED) is 0.0222. The fraction of sp³-hybridized carbons (Fsp3) is 0.954. The molecule has 106 heavy (non-hydrogen) atoms. The summed E-state index contributed by atoms with van der Waals surface area (Å²) in [5, 5.41) is 10.7. The Hall–Kier alpha value is -1.94. The molecule has 2 unspecified atom stereocenters. The van der Waals surface area contributed by atoms with Crippen molar-refractivity contribution in [1.29, 1.82) is 0 Å². The summed E-state index contributed by atoms with van der Waals surface area (Å²) in [5.41, 5.74) is 0. The number of hydrogen-bond donors (Lipinski definition) is 3. The molecule has 0 aliphatic carbocycles. The van der Waals surface area contributed by atoms with Crippen molar-refractivity contribution >= 4 is 39.5 Å². The van der Waals surface area contributed by atoms with E-state index in [1.54, 1.807) is 0 Å². The molecule has 0 bridgehead atoms. The Morgan fingerprint density at radius 2 is 0.434 bits per heavy atom. The van der Waals surface area contributed by atoms with E-state index in [0.29, 0.717) is 25.7 Å². The highest BCUT2D eigenvalue weighted by molar-refractivity contribution is 7.47. The van der Waals surface area contributed by atoms with Crippen molar-refractivity contribution in [3.63, 3.8) is 0 Å². The number of aliphatic hydroxyl groups is 1. The lowest BCUT2D eigenvalue weighted by Crippen LogP contribution is -2.30. The van der Waals surface area contributed by atoms with E-state index in [9.17, 15) is 43.2 Å². The molecular formula is C87H170O17P2. The average Bonchev–Trinajstić information content (AvgIpc) is 0.903. The number of carbonyl (C=O) groups is 4. The highest BCUT2D eigenvalue weighted by Gasteiger charge is 2.30. The standard InChI is InChI=1S/C87H170O17P2/c1-6-9-12-15-18-21-24-27-30-33-35-36-39-42-45-48-51-58-63-68-72-86(91)103-82(76-97-84(89)70-65-60-55-49-46-43-40-38-34-31-28-25-22-19-16-13-10-7-2)78-101-105(93,94)99-74-81(88)75-100-106(95,96)102-79-83(77-98-85(90)71-66-61-56-53-52-54-59-64-69-80(4)5)104-87(92)73-67-62-57-50-47-44-41-37-32-29-26-23-20-17-14-11-8-3/h80-83,88H,6-79H2,1-5H3,(H,93,94)(H,95,96)/t81-,82-,83-/m1/s1. The zero-order valence-electron chi connectivity index (χ0n) is 69.6. The first kappa shape index (κ1) is 104. The minimum absolute atomic E-state index is 0.108. The van der Waals surface area contributed by atoms with Crippen LogP contribution in [0.3, 0.4) is 0 Å². The van der Waals surface area contributed by atoms with Gasteiger partial charge in [-0.2, -0.15) is 0 Å². The molecule has 0 aromatic carbocycles. The summed E-state index contributed by atoms with van der Waals surface area (Å²) in [6.45, 7) is 7.34. The molecule has 19 heteroatoms. The van der Waals surface area contributed by atoms with Gasteiger partial charge in [-0.3, -0.25) is 37.3 Å². The second-order valence-corrected chi connectivity index (χ2v) is 34.7. The number of phosphoric acid groups is 2. The van der Waals surface area contributed by atoms with Gasteiger partial charge in [0.1, 0.15) is 19.3 Å². The molecule has 3 N–H and O–H groups in total. The van der Waals surface area contributed by atoms with E-state index in [4.69, 9.17) is 37.0 Å². The van der Waals surface area contributed by atoms with Gasteiger partial charge in [-0.15, -0.1) is 0 Å². The van der Waals surface area contributed by atoms with Crippen LogP contribution in [0.5, 0.6) is 0 Å². The lowest BCUT2D eigenvalue weighted by atomic mass is 10.0. The second-order valence-electron chi connectivity index (χ2n) is 31.8. The summed E-state index contributed by atoms with van der Waals surface area (Å²) in [5.74, 6) is -1.37. The predicted octanol–water partition coefficient (Wildman–Crippen LogP) is 26.8. The smallest absolute Gasteiger partial charge is 0.462 e. The molecule has 17 nitrogen and oxygen atoms in total. The number of phosphoric ester groups is 2. The van der Waals surface area contributed by atoms with Gasteiger partial charge in [0.05, 0.1) is 26.4 Å². The van der Waals surface area contributed by atoms with Crippen LogP contribution in [0.15, 0.2) is 0 Å². The van der Waals surface area contributed by atoms with E-state index >= 15 is 0 Å². The van der Waals surface area contributed by atoms with Crippen molar-refractivity contribution in [2.75, 3.05) is 39.6 Å². The summed E-state index contributed by atoms with van der Waals surface area (Å²) >= 11 is 0. The summed E-state index contributed by atoms with van der Waals surface area (Å²) < 4.78 is 68.9. The van der Waals surface area contributed by atoms with Gasteiger partial charge in [-0.1, -0.05) is 420 Å². The van der Waals surface area contributed by atoms with Crippen molar-refractivity contribution in [2.45, 2.75) is 490 Å². The molecule has 0 aliphatic rings. The normalized spacial score (nSPS) is 13.7. The Bertz CT molecular complexity index is 2010. The van der Waals surface area contributed by atoms with Crippen LogP contribution in [0.1, 0.15) is 471 Å². The molecule has 0 aromatic heterocycles. The molecule has 0 rings (SSSR count). The first-order valence-electron chi connectivity index (χ1n) is 45.1. The fourth-order valence-electron chi connectivity index (χ4n) is 13.6.